The molecule has 1 heterocycles. The number of carbonyl (C=O) groups is 1. The van der Waals surface area contributed by atoms with Gasteiger partial charge in [-0.1, -0.05) is 6.07 Å². The fraction of sp³-hybridized carbons (Fsp3) is 0.100. The molecule has 0 aliphatic rings. The number of carbonyl (C=O) groups excluding carboxylic acids is 1. The van der Waals surface area contributed by atoms with Crippen LogP contribution in [-0.2, 0) is 0 Å². The second-order valence-electron chi connectivity index (χ2n) is 6.04. The molecule has 0 unspecified atom stereocenters. The van der Waals surface area contributed by atoms with E-state index in [-0.39, 0.29) is 5.91 Å². The van der Waals surface area contributed by atoms with Gasteiger partial charge in [0.05, 0.1) is 23.5 Å². The molecule has 27 heavy (non-hydrogen) atoms. The fourth-order valence-corrected chi connectivity index (χ4v) is 2.38. The fourth-order valence-electron chi connectivity index (χ4n) is 2.38. The van der Waals surface area contributed by atoms with Crippen molar-refractivity contribution in [3.05, 3.63) is 71.9 Å². The number of nitrogens with one attached hydrogen (secondary N) is 2. The van der Waals surface area contributed by atoms with Crippen LogP contribution in [0.4, 0.5) is 22.9 Å². The quantitative estimate of drug-likeness (QED) is 0.726. The molecule has 0 atom stereocenters. The van der Waals surface area contributed by atoms with Crippen molar-refractivity contribution in [2.45, 2.75) is 0 Å². The highest BCUT2D eigenvalue weighted by Gasteiger charge is 2.07. The lowest BCUT2D eigenvalue weighted by molar-refractivity contribution is 0.102. The average molecular weight is 358 g/mol. The van der Waals surface area contributed by atoms with E-state index < -0.39 is 0 Å². The number of rotatable bonds is 5. The summed E-state index contributed by atoms with van der Waals surface area (Å²) < 4.78 is 0. The number of hydrogen-bond acceptors (Lipinski definition) is 6. The van der Waals surface area contributed by atoms with E-state index in [1.54, 1.807) is 42.6 Å². The Hall–Kier alpha value is -3.92. The second kappa shape index (κ2) is 7.97. The van der Waals surface area contributed by atoms with Gasteiger partial charge in [-0.05, 0) is 42.5 Å². The van der Waals surface area contributed by atoms with Crippen LogP contribution >= 0.6 is 0 Å². The zero-order valence-corrected chi connectivity index (χ0v) is 15.0. The Morgan fingerprint density at radius 3 is 2.52 bits per heavy atom. The molecule has 7 nitrogen and oxygen atoms in total. The Balaban J connectivity index is 1.67. The number of hydrogen-bond donors (Lipinski definition) is 2. The SMILES string of the molecule is CN(C)c1cnnc(Nc2ccc(NC(=O)c3cccc(C#N)c3)cc2)c1. The molecular weight excluding hydrogens is 340 g/mol. The van der Waals surface area contributed by atoms with Gasteiger partial charge in [0.25, 0.3) is 5.91 Å². The number of nitriles is 1. The molecule has 2 aromatic carbocycles. The normalized spacial score (nSPS) is 9.96. The van der Waals surface area contributed by atoms with E-state index >= 15 is 0 Å². The van der Waals surface area contributed by atoms with Gasteiger partial charge in [0.1, 0.15) is 0 Å². The molecule has 0 spiro atoms. The maximum atomic E-state index is 12.3. The van der Waals surface area contributed by atoms with Gasteiger partial charge in [-0.3, -0.25) is 4.79 Å². The molecule has 134 valence electrons. The van der Waals surface area contributed by atoms with Crippen molar-refractivity contribution in [2.75, 3.05) is 29.6 Å². The highest BCUT2D eigenvalue weighted by molar-refractivity contribution is 6.04. The van der Waals surface area contributed by atoms with Gasteiger partial charge >= 0.3 is 0 Å². The van der Waals surface area contributed by atoms with Crippen LogP contribution in [0.15, 0.2) is 60.8 Å². The lowest BCUT2D eigenvalue weighted by Gasteiger charge is -2.13. The predicted octanol–water partition coefficient (Wildman–Crippen LogP) is 3.41. The van der Waals surface area contributed by atoms with E-state index in [4.69, 9.17) is 5.26 Å². The summed E-state index contributed by atoms with van der Waals surface area (Å²) in [5.74, 6) is 0.365. The van der Waals surface area contributed by atoms with E-state index in [9.17, 15) is 4.79 Å². The molecule has 0 aliphatic heterocycles. The number of amides is 1. The van der Waals surface area contributed by atoms with Crippen molar-refractivity contribution in [1.82, 2.24) is 10.2 Å². The second-order valence-corrected chi connectivity index (χ2v) is 6.04. The first-order valence-corrected chi connectivity index (χ1v) is 8.24. The number of anilines is 4. The Kier molecular flexibility index (Phi) is 5.28. The molecule has 0 fully saturated rings. The van der Waals surface area contributed by atoms with Crippen LogP contribution in [0.2, 0.25) is 0 Å². The van der Waals surface area contributed by atoms with E-state index in [0.29, 0.717) is 22.6 Å². The van der Waals surface area contributed by atoms with Crippen molar-refractivity contribution in [3.8, 4) is 6.07 Å². The molecule has 2 N–H and O–H groups in total. The third-order valence-electron chi connectivity index (χ3n) is 3.83. The smallest absolute Gasteiger partial charge is 0.255 e. The first-order valence-electron chi connectivity index (χ1n) is 8.24. The highest BCUT2D eigenvalue weighted by Crippen LogP contribution is 2.20. The highest BCUT2D eigenvalue weighted by atomic mass is 16.1. The van der Waals surface area contributed by atoms with E-state index in [1.807, 2.05) is 43.3 Å². The summed E-state index contributed by atoms with van der Waals surface area (Å²) in [6.07, 6.45) is 1.69. The van der Waals surface area contributed by atoms with Crippen LogP contribution in [0.1, 0.15) is 15.9 Å². The topological polar surface area (TPSA) is 93.9 Å². The molecule has 3 rings (SSSR count). The minimum absolute atomic E-state index is 0.266. The lowest BCUT2D eigenvalue weighted by atomic mass is 10.1. The Labute approximate surface area is 157 Å². The lowest BCUT2D eigenvalue weighted by Crippen LogP contribution is -2.12. The van der Waals surface area contributed by atoms with Crippen LogP contribution in [0, 0.1) is 11.3 Å². The third kappa shape index (κ3) is 4.58. The van der Waals surface area contributed by atoms with E-state index in [1.165, 1.54) is 0 Å². The van der Waals surface area contributed by atoms with Gasteiger partial charge in [0.2, 0.25) is 0 Å². The zero-order chi connectivity index (χ0) is 19.2. The summed E-state index contributed by atoms with van der Waals surface area (Å²) in [7, 11) is 3.87. The molecule has 1 amide bonds. The standard InChI is InChI=1S/C20H18N6O/c1-26(2)18-11-19(25-22-13-18)23-16-6-8-17(9-7-16)24-20(27)15-5-3-4-14(10-15)12-21/h3-11,13H,1-2H3,(H,23,25)(H,24,27). The summed E-state index contributed by atoms with van der Waals surface area (Å²) in [5.41, 5.74) is 3.30. The van der Waals surface area contributed by atoms with Gasteiger partial charge < -0.3 is 15.5 Å². The van der Waals surface area contributed by atoms with Crippen molar-refractivity contribution >= 4 is 28.8 Å². The Morgan fingerprint density at radius 2 is 1.81 bits per heavy atom. The molecule has 3 aromatic rings. The number of benzene rings is 2. The van der Waals surface area contributed by atoms with Gasteiger partial charge in [0.15, 0.2) is 5.82 Å². The van der Waals surface area contributed by atoms with Crippen molar-refractivity contribution in [2.24, 2.45) is 0 Å². The first kappa shape index (κ1) is 17.9. The maximum Gasteiger partial charge on any atom is 0.255 e. The summed E-state index contributed by atoms with van der Waals surface area (Å²) in [6.45, 7) is 0. The zero-order valence-electron chi connectivity index (χ0n) is 15.0. The van der Waals surface area contributed by atoms with Crippen LogP contribution in [-0.4, -0.2) is 30.2 Å². The van der Waals surface area contributed by atoms with Crippen LogP contribution in [0.3, 0.4) is 0 Å². The molecule has 7 heteroatoms. The minimum atomic E-state index is -0.266. The molecule has 0 saturated carbocycles. The van der Waals surface area contributed by atoms with Gasteiger partial charge in [0, 0.05) is 37.1 Å². The van der Waals surface area contributed by atoms with E-state index in [0.717, 1.165) is 11.4 Å². The molecular formula is C20H18N6O. The minimum Gasteiger partial charge on any atom is -0.376 e. The first-order chi connectivity index (χ1) is 13.0. The largest absolute Gasteiger partial charge is 0.376 e. The molecule has 0 saturated heterocycles. The van der Waals surface area contributed by atoms with Gasteiger partial charge in [-0.15, -0.1) is 5.10 Å². The van der Waals surface area contributed by atoms with Crippen LogP contribution in [0.5, 0.6) is 0 Å². The van der Waals surface area contributed by atoms with E-state index in [2.05, 4.69) is 20.8 Å². The van der Waals surface area contributed by atoms with Crippen molar-refractivity contribution in [1.29, 1.82) is 5.26 Å². The summed E-state index contributed by atoms with van der Waals surface area (Å²) in [6, 6.07) is 17.7. The monoisotopic (exact) mass is 358 g/mol. The predicted molar refractivity (Wildman–Crippen MR) is 105 cm³/mol. The molecule has 0 bridgehead atoms. The van der Waals surface area contributed by atoms with Gasteiger partial charge in [-0.25, -0.2) is 0 Å². The number of aromatic nitrogens is 2. The van der Waals surface area contributed by atoms with Crippen LogP contribution < -0.4 is 15.5 Å². The average Bonchev–Trinajstić information content (AvgIpc) is 2.69. The van der Waals surface area contributed by atoms with Crippen LogP contribution in [0.25, 0.3) is 0 Å². The summed E-state index contributed by atoms with van der Waals surface area (Å²) in [4.78, 5) is 14.2. The molecule has 1 aromatic heterocycles. The van der Waals surface area contributed by atoms with Crippen molar-refractivity contribution in [3.63, 3.8) is 0 Å². The summed E-state index contributed by atoms with van der Waals surface area (Å²) >= 11 is 0. The Morgan fingerprint density at radius 1 is 1.07 bits per heavy atom. The Bertz CT molecular complexity index is 992. The van der Waals surface area contributed by atoms with Crippen molar-refractivity contribution < 1.29 is 4.79 Å². The molecule has 0 aliphatic carbocycles. The maximum absolute atomic E-state index is 12.3. The van der Waals surface area contributed by atoms with Gasteiger partial charge in [-0.2, -0.15) is 10.4 Å². The third-order valence-corrected chi connectivity index (χ3v) is 3.83. The number of nitrogens with zero attached hydrogens (tertiary/aromatic N) is 4. The summed E-state index contributed by atoms with van der Waals surface area (Å²) in [5, 5.41) is 23.0. The molecule has 0 radical (unpaired) electrons.